The fraction of sp³-hybridized carbons (Fsp3) is 0.471. The summed E-state index contributed by atoms with van der Waals surface area (Å²) < 4.78 is 0. The van der Waals surface area contributed by atoms with Crippen LogP contribution >= 0.6 is 45.3 Å². The van der Waals surface area contributed by atoms with E-state index in [1.54, 1.807) is 0 Å². The lowest BCUT2D eigenvalue weighted by Crippen LogP contribution is -1.88. The number of nitrogens with zero attached hydrogens (tertiary/aromatic N) is 4. The van der Waals surface area contributed by atoms with E-state index in [0.717, 1.165) is 22.8 Å². The van der Waals surface area contributed by atoms with Crippen LogP contribution in [0.15, 0.2) is 119 Å². The predicted molar refractivity (Wildman–Crippen MR) is 337 cm³/mol. The van der Waals surface area contributed by atoms with Crippen molar-refractivity contribution in [3.8, 4) is 64.5 Å². The maximum atomic E-state index is 4.75. The molecule has 0 saturated heterocycles. The molecular formula is C68H88N4S4. The molecule has 0 bridgehead atoms. The van der Waals surface area contributed by atoms with Gasteiger partial charge in [-0.15, -0.1) is 45.3 Å². The second-order valence-corrected chi connectivity index (χ2v) is 24.7. The van der Waals surface area contributed by atoms with E-state index < -0.39 is 0 Å². The van der Waals surface area contributed by atoms with E-state index in [9.17, 15) is 0 Å². The lowest BCUT2D eigenvalue weighted by Gasteiger charge is -2.03. The van der Waals surface area contributed by atoms with E-state index >= 15 is 0 Å². The Bertz CT molecular complexity index is 2380. The zero-order valence-corrected chi connectivity index (χ0v) is 50.0. The minimum Gasteiger partial charge on any atom is -0.254 e. The molecule has 404 valence electrons. The standard InChI is InChI=1S/2C34H44N2S2/c2*1-3-5-7-9-11-13-15-27-21-33(37-25-27)29-17-19-31(35-23-29)32-20-18-30(24-36-32)34-22-28(26-38-34)16-14-12-10-8-6-4-2/h2*17-26H,3-16H2,1-2H3. The number of unbranched alkanes of at least 4 members (excludes halogenated alkanes) is 20. The van der Waals surface area contributed by atoms with E-state index in [1.807, 2.05) is 70.1 Å². The van der Waals surface area contributed by atoms with Crippen molar-refractivity contribution in [1.82, 2.24) is 19.9 Å². The molecule has 8 heterocycles. The molecule has 8 aromatic heterocycles. The molecule has 0 aliphatic carbocycles. The summed E-state index contributed by atoms with van der Waals surface area (Å²) in [6.45, 7) is 9.11. The maximum Gasteiger partial charge on any atom is 0.0886 e. The Labute approximate surface area is 475 Å². The van der Waals surface area contributed by atoms with Crippen LogP contribution in [-0.2, 0) is 25.7 Å². The Balaban J connectivity index is 0.000000221. The molecular weight excluding hydrogens is 1000 g/mol. The highest BCUT2D eigenvalue weighted by Gasteiger charge is 2.11. The van der Waals surface area contributed by atoms with Crippen molar-refractivity contribution >= 4 is 45.3 Å². The van der Waals surface area contributed by atoms with Crippen LogP contribution in [0, 0.1) is 0 Å². The summed E-state index contributed by atoms with van der Waals surface area (Å²) in [5.41, 5.74) is 14.4. The van der Waals surface area contributed by atoms with Gasteiger partial charge in [-0.25, -0.2) is 0 Å². The maximum absolute atomic E-state index is 4.75. The highest BCUT2D eigenvalue weighted by Crippen LogP contribution is 2.34. The van der Waals surface area contributed by atoms with Crippen molar-refractivity contribution in [1.29, 1.82) is 0 Å². The van der Waals surface area contributed by atoms with Crippen LogP contribution in [0.25, 0.3) is 64.5 Å². The normalized spacial score (nSPS) is 11.3. The van der Waals surface area contributed by atoms with Gasteiger partial charge in [-0.2, -0.15) is 0 Å². The molecule has 0 aromatic carbocycles. The highest BCUT2D eigenvalue weighted by atomic mass is 32.1. The third-order valence-electron chi connectivity index (χ3n) is 14.6. The fourth-order valence-corrected chi connectivity index (χ4v) is 13.6. The molecule has 0 N–H and O–H groups in total. The van der Waals surface area contributed by atoms with Crippen LogP contribution in [0.5, 0.6) is 0 Å². The summed E-state index contributed by atoms with van der Waals surface area (Å²) in [5, 5.41) is 9.27. The Morgan fingerprint density at radius 3 is 0.671 bits per heavy atom. The molecule has 0 fully saturated rings. The summed E-state index contributed by atoms with van der Waals surface area (Å²) >= 11 is 7.33. The van der Waals surface area contributed by atoms with Gasteiger partial charge in [0.2, 0.25) is 0 Å². The second kappa shape index (κ2) is 34.3. The van der Waals surface area contributed by atoms with Crippen molar-refractivity contribution in [3.05, 3.63) is 141 Å². The van der Waals surface area contributed by atoms with Gasteiger partial charge in [-0.1, -0.05) is 156 Å². The zero-order valence-electron chi connectivity index (χ0n) is 46.8. The van der Waals surface area contributed by atoms with E-state index in [1.165, 1.54) is 244 Å². The van der Waals surface area contributed by atoms with Gasteiger partial charge in [0, 0.05) is 66.5 Å². The van der Waals surface area contributed by atoms with Crippen LogP contribution in [-0.4, -0.2) is 19.9 Å². The van der Waals surface area contributed by atoms with Crippen molar-refractivity contribution in [2.45, 2.75) is 207 Å². The van der Waals surface area contributed by atoms with E-state index in [4.69, 9.17) is 19.9 Å². The zero-order chi connectivity index (χ0) is 52.8. The summed E-state index contributed by atoms with van der Waals surface area (Å²) in [6.07, 6.45) is 45.1. The molecule has 8 rings (SSSR count). The Hall–Kier alpha value is -4.60. The molecule has 0 aliphatic heterocycles. The van der Waals surface area contributed by atoms with E-state index in [2.05, 4.69) is 122 Å². The Kier molecular flexibility index (Phi) is 26.7. The van der Waals surface area contributed by atoms with Crippen molar-refractivity contribution in [2.75, 3.05) is 0 Å². The minimum absolute atomic E-state index is 0.930. The molecule has 0 spiro atoms. The lowest BCUT2D eigenvalue weighted by molar-refractivity contribution is 0.608. The minimum atomic E-state index is 0.930. The molecule has 0 aliphatic rings. The van der Waals surface area contributed by atoms with Crippen LogP contribution in [0.1, 0.15) is 204 Å². The number of hydrogen-bond acceptors (Lipinski definition) is 8. The van der Waals surface area contributed by atoms with Crippen molar-refractivity contribution in [3.63, 3.8) is 0 Å². The number of rotatable bonds is 34. The molecule has 0 unspecified atom stereocenters. The second-order valence-electron chi connectivity index (χ2n) is 21.1. The monoisotopic (exact) mass is 1090 g/mol. The highest BCUT2D eigenvalue weighted by molar-refractivity contribution is 7.14. The molecule has 8 aromatic rings. The van der Waals surface area contributed by atoms with Gasteiger partial charge in [0.25, 0.3) is 0 Å². The smallest absolute Gasteiger partial charge is 0.0886 e. The van der Waals surface area contributed by atoms with Gasteiger partial charge in [0.1, 0.15) is 0 Å². The number of thiophene rings is 4. The molecule has 4 nitrogen and oxygen atoms in total. The van der Waals surface area contributed by atoms with Gasteiger partial charge in [-0.05, 0) is 168 Å². The molecule has 0 atom stereocenters. The molecule has 0 amide bonds. The quantitative estimate of drug-likeness (QED) is 0.0377. The largest absolute Gasteiger partial charge is 0.254 e. The van der Waals surface area contributed by atoms with Crippen LogP contribution < -0.4 is 0 Å². The van der Waals surface area contributed by atoms with Crippen molar-refractivity contribution in [2.24, 2.45) is 0 Å². The average Bonchev–Trinajstić information content (AvgIpc) is 4.33. The number of hydrogen-bond donors (Lipinski definition) is 0. The predicted octanol–water partition coefficient (Wildman–Crippen LogP) is 22.8. The van der Waals surface area contributed by atoms with Gasteiger partial charge >= 0.3 is 0 Å². The Morgan fingerprint density at radius 2 is 0.474 bits per heavy atom. The molecule has 76 heavy (non-hydrogen) atoms. The van der Waals surface area contributed by atoms with Crippen LogP contribution in [0.2, 0.25) is 0 Å². The number of pyridine rings is 4. The first-order chi connectivity index (χ1) is 37.5. The molecule has 0 radical (unpaired) electrons. The molecule has 0 saturated carbocycles. The van der Waals surface area contributed by atoms with Crippen LogP contribution in [0.3, 0.4) is 0 Å². The summed E-state index contributed by atoms with van der Waals surface area (Å²) in [6, 6.07) is 26.6. The van der Waals surface area contributed by atoms with E-state index in [-0.39, 0.29) is 0 Å². The third kappa shape index (κ3) is 20.0. The average molecular weight is 1090 g/mol. The van der Waals surface area contributed by atoms with Gasteiger partial charge < -0.3 is 0 Å². The topological polar surface area (TPSA) is 51.6 Å². The first-order valence-electron chi connectivity index (χ1n) is 29.7. The summed E-state index contributed by atoms with van der Waals surface area (Å²) in [4.78, 5) is 24.2. The fourth-order valence-electron chi connectivity index (χ4n) is 9.83. The Morgan fingerprint density at radius 1 is 0.263 bits per heavy atom. The molecule has 8 heteroatoms. The summed E-state index contributed by atoms with van der Waals surface area (Å²) in [5.74, 6) is 0. The van der Waals surface area contributed by atoms with Crippen LogP contribution in [0.4, 0.5) is 0 Å². The van der Waals surface area contributed by atoms with Crippen molar-refractivity contribution < 1.29 is 0 Å². The first kappa shape index (κ1) is 59.1. The number of aryl methyl sites for hydroxylation is 4. The van der Waals surface area contributed by atoms with Gasteiger partial charge in [-0.3, -0.25) is 19.9 Å². The van der Waals surface area contributed by atoms with Gasteiger partial charge in [0.15, 0.2) is 0 Å². The first-order valence-corrected chi connectivity index (χ1v) is 33.2. The van der Waals surface area contributed by atoms with E-state index in [0.29, 0.717) is 0 Å². The third-order valence-corrected chi connectivity index (χ3v) is 18.7. The number of aromatic nitrogens is 4. The van der Waals surface area contributed by atoms with Gasteiger partial charge in [0.05, 0.1) is 22.8 Å². The SMILES string of the molecule is CCCCCCCCc1csc(-c2ccc(-c3ccc(-c4cc(CCCCCCCC)cs4)cn3)nc2)c1.CCCCCCCCc1csc(-c2ccc(-c3ccc(-c4cc(CCCCCCCC)cs4)cn3)nc2)c1. The lowest BCUT2D eigenvalue weighted by atomic mass is 10.1. The summed E-state index contributed by atoms with van der Waals surface area (Å²) in [7, 11) is 0.